The Morgan fingerprint density at radius 2 is 1.55 bits per heavy atom. The van der Waals surface area contributed by atoms with E-state index in [2.05, 4.69) is 9.97 Å². The fourth-order valence-corrected chi connectivity index (χ4v) is 2.89. The summed E-state index contributed by atoms with van der Waals surface area (Å²) < 4.78 is 0. The highest BCUT2D eigenvalue weighted by molar-refractivity contribution is 6.07. The molecule has 0 bridgehead atoms. The normalized spacial score (nSPS) is 12.8. The van der Waals surface area contributed by atoms with E-state index in [0.29, 0.717) is 0 Å². The molecule has 0 atom stereocenters. The zero-order valence-electron chi connectivity index (χ0n) is 12.1. The van der Waals surface area contributed by atoms with Crippen molar-refractivity contribution in [3.63, 3.8) is 0 Å². The smallest absolute Gasteiger partial charge is 0.130 e. The molecule has 3 aromatic carbocycles. The van der Waals surface area contributed by atoms with Crippen LogP contribution in [0.3, 0.4) is 0 Å². The second-order valence-corrected chi connectivity index (χ2v) is 5.32. The van der Waals surface area contributed by atoms with E-state index in [1.165, 1.54) is 0 Å². The van der Waals surface area contributed by atoms with Gasteiger partial charge in [-0.1, -0.05) is 42.5 Å². The number of hydrogen-bond acceptors (Lipinski definition) is 3. The van der Waals surface area contributed by atoms with Gasteiger partial charge in [0.2, 0.25) is 0 Å². The van der Waals surface area contributed by atoms with E-state index < -0.39 is 0 Å². The maximum atomic E-state index is 10.7. The van der Waals surface area contributed by atoms with Crippen molar-refractivity contribution in [1.29, 1.82) is 0 Å². The molecule has 0 unspecified atom stereocenters. The van der Waals surface area contributed by atoms with Gasteiger partial charge in [-0.05, 0) is 30.5 Å². The molecule has 3 heteroatoms. The number of hydrogen-bond donors (Lipinski definition) is 1. The lowest BCUT2D eigenvalue weighted by Gasteiger charge is -2.08. The molecule has 4 rings (SSSR count). The first-order valence-electron chi connectivity index (χ1n) is 7.18. The predicted octanol–water partition coefficient (Wildman–Crippen LogP) is 3.52. The fourth-order valence-electron chi connectivity index (χ4n) is 2.89. The van der Waals surface area contributed by atoms with Gasteiger partial charge in [0.05, 0.1) is 11.0 Å². The Morgan fingerprint density at radius 1 is 0.818 bits per heavy atom. The van der Waals surface area contributed by atoms with Gasteiger partial charge in [0.1, 0.15) is 11.6 Å². The van der Waals surface area contributed by atoms with Crippen LogP contribution in [-0.2, 0) is 0 Å². The molecule has 0 spiro atoms. The van der Waals surface area contributed by atoms with Crippen molar-refractivity contribution in [3.05, 3.63) is 77.3 Å². The second-order valence-electron chi connectivity index (χ2n) is 5.32. The Balaban J connectivity index is 2.18. The minimum Gasteiger partial charge on any atom is -0.507 e. The molecule has 0 aliphatic heterocycles. The lowest BCUT2D eigenvalue weighted by molar-refractivity contribution is 0.508. The quantitative estimate of drug-likeness (QED) is 0.582. The molecule has 0 aliphatic rings. The van der Waals surface area contributed by atoms with Crippen LogP contribution in [0.1, 0.15) is 11.4 Å². The standard InChI is InChI=1S/C19H14N2O/c1-12-20-16-9-5-8-14-15(10-11-17(21-12)18(14)16)19(22)13-6-3-2-4-7-13/h2-11,22H,1H3/b19-15-. The minimum absolute atomic E-state index is 0.274. The van der Waals surface area contributed by atoms with Crippen molar-refractivity contribution >= 4 is 27.6 Å². The number of rotatable bonds is 1. The van der Waals surface area contributed by atoms with Crippen LogP contribution in [0.2, 0.25) is 0 Å². The minimum atomic E-state index is 0.274. The second kappa shape index (κ2) is 4.81. The number of nitrogens with zero attached hydrogens (tertiary/aromatic N) is 2. The van der Waals surface area contributed by atoms with Gasteiger partial charge in [0.15, 0.2) is 0 Å². The zero-order valence-corrected chi connectivity index (χ0v) is 12.1. The Bertz CT molecular complexity index is 1020. The van der Waals surface area contributed by atoms with Gasteiger partial charge in [-0.2, -0.15) is 0 Å². The monoisotopic (exact) mass is 286 g/mol. The third kappa shape index (κ3) is 1.91. The molecule has 1 N–H and O–H groups in total. The Labute approximate surface area is 127 Å². The molecule has 106 valence electrons. The molecule has 22 heavy (non-hydrogen) atoms. The molecule has 0 radical (unpaired) electrons. The van der Waals surface area contributed by atoms with E-state index >= 15 is 0 Å². The topological polar surface area (TPSA) is 46.0 Å². The molecular formula is C19H14N2O. The van der Waals surface area contributed by atoms with Crippen LogP contribution in [0.4, 0.5) is 0 Å². The SMILES string of the molecule is Cc1nc2cccc3/c(=C(\O)c4ccccc4)ccc(n1)c23. The maximum Gasteiger partial charge on any atom is 0.130 e. The zero-order chi connectivity index (χ0) is 15.1. The maximum absolute atomic E-state index is 10.7. The Morgan fingerprint density at radius 3 is 2.32 bits per heavy atom. The molecule has 3 nitrogen and oxygen atoms in total. The van der Waals surface area contributed by atoms with Crippen LogP contribution in [0.25, 0.3) is 27.6 Å². The Hall–Kier alpha value is -2.94. The summed E-state index contributed by atoms with van der Waals surface area (Å²) in [5.74, 6) is 1.03. The van der Waals surface area contributed by atoms with Gasteiger partial charge in [-0.3, -0.25) is 0 Å². The van der Waals surface area contributed by atoms with Crippen molar-refractivity contribution in [3.8, 4) is 0 Å². The van der Waals surface area contributed by atoms with Crippen LogP contribution in [-0.4, -0.2) is 15.1 Å². The molecule has 0 aliphatic carbocycles. The van der Waals surface area contributed by atoms with Gasteiger partial charge in [0, 0.05) is 16.2 Å². The van der Waals surface area contributed by atoms with E-state index in [0.717, 1.165) is 38.4 Å². The van der Waals surface area contributed by atoms with Crippen molar-refractivity contribution in [1.82, 2.24) is 9.97 Å². The van der Waals surface area contributed by atoms with Gasteiger partial charge in [-0.25, -0.2) is 9.97 Å². The van der Waals surface area contributed by atoms with E-state index in [-0.39, 0.29) is 5.76 Å². The summed E-state index contributed by atoms with van der Waals surface area (Å²) in [6.45, 7) is 1.89. The van der Waals surface area contributed by atoms with Crippen molar-refractivity contribution in [2.75, 3.05) is 0 Å². The summed E-state index contributed by atoms with van der Waals surface area (Å²) in [6, 6.07) is 19.4. The molecule has 0 amide bonds. The summed E-state index contributed by atoms with van der Waals surface area (Å²) in [4.78, 5) is 8.99. The van der Waals surface area contributed by atoms with E-state index in [1.54, 1.807) is 0 Å². The average molecular weight is 286 g/mol. The highest BCUT2D eigenvalue weighted by Gasteiger charge is 2.09. The Kier molecular flexibility index (Phi) is 2.79. The van der Waals surface area contributed by atoms with Gasteiger partial charge in [0.25, 0.3) is 0 Å². The van der Waals surface area contributed by atoms with Crippen LogP contribution in [0.15, 0.2) is 60.7 Å². The molecule has 1 heterocycles. The number of aryl methyl sites for hydroxylation is 1. The molecule has 0 saturated heterocycles. The first kappa shape index (κ1) is 12.8. The predicted molar refractivity (Wildman–Crippen MR) is 88.6 cm³/mol. The molecule has 0 saturated carbocycles. The molecule has 4 aromatic rings. The third-order valence-electron chi connectivity index (χ3n) is 3.86. The molecule has 1 aromatic heterocycles. The van der Waals surface area contributed by atoms with E-state index in [4.69, 9.17) is 0 Å². The fraction of sp³-hybridized carbons (Fsp3) is 0.0526. The highest BCUT2D eigenvalue weighted by atomic mass is 16.3. The highest BCUT2D eigenvalue weighted by Crippen LogP contribution is 2.22. The third-order valence-corrected chi connectivity index (χ3v) is 3.86. The number of aliphatic hydroxyl groups is 1. The van der Waals surface area contributed by atoms with E-state index in [9.17, 15) is 5.11 Å². The lowest BCUT2D eigenvalue weighted by Crippen LogP contribution is -2.09. The van der Waals surface area contributed by atoms with Gasteiger partial charge >= 0.3 is 0 Å². The van der Waals surface area contributed by atoms with Gasteiger partial charge in [-0.15, -0.1) is 0 Å². The summed E-state index contributed by atoms with van der Waals surface area (Å²) in [5, 5.41) is 13.4. The summed E-state index contributed by atoms with van der Waals surface area (Å²) >= 11 is 0. The number of aromatic nitrogens is 2. The van der Waals surface area contributed by atoms with Crippen LogP contribution >= 0.6 is 0 Å². The van der Waals surface area contributed by atoms with Gasteiger partial charge < -0.3 is 5.11 Å². The van der Waals surface area contributed by atoms with Crippen molar-refractivity contribution in [2.45, 2.75) is 6.92 Å². The van der Waals surface area contributed by atoms with Crippen molar-refractivity contribution in [2.24, 2.45) is 0 Å². The first-order valence-corrected chi connectivity index (χ1v) is 7.18. The first-order chi connectivity index (χ1) is 10.7. The number of benzene rings is 3. The summed E-state index contributed by atoms with van der Waals surface area (Å²) in [7, 11) is 0. The van der Waals surface area contributed by atoms with Crippen LogP contribution in [0.5, 0.6) is 0 Å². The van der Waals surface area contributed by atoms with Crippen molar-refractivity contribution < 1.29 is 5.11 Å². The molecular weight excluding hydrogens is 272 g/mol. The average Bonchev–Trinajstić information content (AvgIpc) is 2.55. The lowest BCUT2D eigenvalue weighted by atomic mass is 10.0. The summed E-state index contributed by atoms with van der Waals surface area (Å²) in [6.07, 6.45) is 0. The largest absolute Gasteiger partial charge is 0.507 e. The summed E-state index contributed by atoms with van der Waals surface area (Å²) in [5.41, 5.74) is 2.61. The van der Waals surface area contributed by atoms with E-state index in [1.807, 2.05) is 67.6 Å². The van der Waals surface area contributed by atoms with Crippen LogP contribution < -0.4 is 5.22 Å². The number of aliphatic hydroxyl groups excluding tert-OH is 1. The molecule has 0 fully saturated rings. The van der Waals surface area contributed by atoms with Crippen LogP contribution in [0, 0.1) is 6.92 Å².